The summed E-state index contributed by atoms with van der Waals surface area (Å²) < 4.78 is 12.4. The maximum atomic E-state index is 12.4. The largest absolute Gasteiger partial charge is 0.508 e. The van der Waals surface area contributed by atoms with Gasteiger partial charge in [-0.25, -0.2) is 4.39 Å². The van der Waals surface area contributed by atoms with E-state index in [9.17, 15) is 14.3 Å². The van der Waals surface area contributed by atoms with Gasteiger partial charge < -0.3 is 15.9 Å². The summed E-state index contributed by atoms with van der Waals surface area (Å²) in [6, 6.07) is 3.26. The van der Waals surface area contributed by atoms with Crippen molar-refractivity contribution in [2.24, 2.45) is 5.73 Å². The van der Waals surface area contributed by atoms with Gasteiger partial charge in [-0.3, -0.25) is 4.79 Å². The van der Waals surface area contributed by atoms with Gasteiger partial charge in [-0.05, 0) is 24.1 Å². The standard InChI is InChI=1S/C10H12FNO3/c11-5-7-3-6(1-2-9(7)13)4-8(12)10(14)15/h1-3,8,13H,4-5,12H2,(H,14,15). The van der Waals surface area contributed by atoms with Crippen molar-refractivity contribution in [3.05, 3.63) is 29.3 Å². The van der Waals surface area contributed by atoms with Crippen molar-refractivity contribution >= 4 is 5.97 Å². The van der Waals surface area contributed by atoms with Crippen LogP contribution in [0.5, 0.6) is 5.75 Å². The Labute approximate surface area is 86.1 Å². The Morgan fingerprint density at radius 3 is 2.73 bits per heavy atom. The number of phenols is 1. The second kappa shape index (κ2) is 4.75. The molecule has 1 aromatic carbocycles. The second-order valence-corrected chi connectivity index (χ2v) is 3.25. The van der Waals surface area contributed by atoms with Gasteiger partial charge in [-0.2, -0.15) is 0 Å². The topological polar surface area (TPSA) is 83.5 Å². The van der Waals surface area contributed by atoms with Gasteiger partial charge in [0.15, 0.2) is 0 Å². The van der Waals surface area contributed by atoms with Gasteiger partial charge in [-0.1, -0.05) is 6.07 Å². The highest BCUT2D eigenvalue weighted by atomic mass is 19.1. The van der Waals surface area contributed by atoms with Gasteiger partial charge in [-0.15, -0.1) is 0 Å². The summed E-state index contributed by atoms with van der Waals surface area (Å²) in [5.74, 6) is -1.24. The summed E-state index contributed by atoms with van der Waals surface area (Å²) in [5.41, 5.74) is 6.06. The first kappa shape index (κ1) is 11.5. The van der Waals surface area contributed by atoms with Crippen molar-refractivity contribution in [2.45, 2.75) is 19.1 Å². The van der Waals surface area contributed by atoms with E-state index >= 15 is 0 Å². The molecule has 0 bridgehead atoms. The molecular formula is C10H12FNO3. The molecule has 0 aliphatic rings. The summed E-state index contributed by atoms with van der Waals surface area (Å²) >= 11 is 0. The predicted molar refractivity (Wildman–Crippen MR) is 52.2 cm³/mol. The lowest BCUT2D eigenvalue weighted by Crippen LogP contribution is -2.32. The lowest BCUT2D eigenvalue weighted by atomic mass is 10.0. The summed E-state index contributed by atoms with van der Waals surface area (Å²) in [5, 5.41) is 17.8. The highest BCUT2D eigenvalue weighted by molar-refractivity contribution is 5.73. The SMILES string of the molecule is NC(Cc1ccc(O)c(CF)c1)C(=O)O. The fraction of sp³-hybridized carbons (Fsp3) is 0.300. The number of phenolic OH excluding ortho intramolecular Hbond substituents is 1. The summed E-state index contributed by atoms with van der Waals surface area (Å²) in [7, 11) is 0. The number of carboxylic acid groups (broad SMARTS) is 1. The number of hydrogen-bond acceptors (Lipinski definition) is 3. The van der Waals surface area contributed by atoms with Crippen molar-refractivity contribution in [1.82, 2.24) is 0 Å². The number of alkyl halides is 1. The molecule has 1 rings (SSSR count). The number of benzene rings is 1. The predicted octanol–water partition coefficient (Wildman–Crippen LogP) is 0.816. The molecule has 4 nitrogen and oxygen atoms in total. The molecule has 15 heavy (non-hydrogen) atoms. The van der Waals surface area contributed by atoms with Crippen LogP contribution in [0.3, 0.4) is 0 Å². The number of carboxylic acids is 1. The fourth-order valence-electron chi connectivity index (χ4n) is 1.21. The first-order valence-electron chi connectivity index (χ1n) is 4.39. The number of nitrogens with two attached hydrogens (primary N) is 1. The zero-order valence-corrected chi connectivity index (χ0v) is 7.98. The molecule has 0 radical (unpaired) electrons. The van der Waals surface area contributed by atoms with Crippen LogP contribution >= 0.6 is 0 Å². The van der Waals surface area contributed by atoms with E-state index < -0.39 is 18.7 Å². The summed E-state index contributed by atoms with van der Waals surface area (Å²) in [6.45, 7) is -0.790. The van der Waals surface area contributed by atoms with Crippen LogP contribution < -0.4 is 5.73 Å². The van der Waals surface area contributed by atoms with Crippen LogP contribution in [0.1, 0.15) is 11.1 Å². The Balaban J connectivity index is 2.83. The normalized spacial score (nSPS) is 12.4. The maximum absolute atomic E-state index is 12.4. The third kappa shape index (κ3) is 2.92. The van der Waals surface area contributed by atoms with Gasteiger partial charge in [0, 0.05) is 5.56 Å². The molecule has 0 saturated heterocycles. The Bertz CT molecular complexity index is 368. The first-order valence-corrected chi connectivity index (χ1v) is 4.39. The van der Waals surface area contributed by atoms with Crippen LogP contribution in [0, 0.1) is 0 Å². The molecular weight excluding hydrogens is 201 g/mol. The van der Waals surface area contributed by atoms with Crippen LogP contribution in [0.2, 0.25) is 0 Å². The molecule has 82 valence electrons. The first-order chi connectivity index (χ1) is 7.04. The number of halogens is 1. The van der Waals surface area contributed by atoms with E-state index in [1.165, 1.54) is 18.2 Å². The number of carbonyl (C=O) groups is 1. The molecule has 0 spiro atoms. The molecule has 0 aromatic heterocycles. The zero-order chi connectivity index (χ0) is 11.4. The monoisotopic (exact) mass is 213 g/mol. The third-order valence-electron chi connectivity index (χ3n) is 2.06. The van der Waals surface area contributed by atoms with E-state index in [4.69, 9.17) is 10.8 Å². The van der Waals surface area contributed by atoms with E-state index in [0.717, 1.165) is 0 Å². The highest BCUT2D eigenvalue weighted by Gasteiger charge is 2.13. The molecule has 5 heteroatoms. The second-order valence-electron chi connectivity index (χ2n) is 3.25. The fourth-order valence-corrected chi connectivity index (χ4v) is 1.21. The summed E-state index contributed by atoms with van der Waals surface area (Å²) in [4.78, 5) is 10.5. The average molecular weight is 213 g/mol. The van der Waals surface area contributed by atoms with E-state index in [2.05, 4.69) is 0 Å². The molecule has 0 aliphatic heterocycles. The van der Waals surface area contributed by atoms with Gasteiger partial charge in [0.2, 0.25) is 0 Å². The third-order valence-corrected chi connectivity index (χ3v) is 2.06. The van der Waals surface area contributed by atoms with Crippen LogP contribution in [0.25, 0.3) is 0 Å². The Hall–Kier alpha value is -1.62. The molecule has 0 aliphatic carbocycles. The molecule has 0 fully saturated rings. The molecule has 0 heterocycles. The Morgan fingerprint density at radius 2 is 2.20 bits per heavy atom. The Morgan fingerprint density at radius 1 is 1.53 bits per heavy atom. The molecule has 1 aromatic rings. The van der Waals surface area contributed by atoms with Crippen molar-refractivity contribution in [1.29, 1.82) is 0 Å². The lowest BCUT2D eigenvalue weighted by molar-refractivity contribution is -0.138. The van der Waals surface area contributed by atoms with Crippen molar-refractivity contribution < 1.29 is 19.4 Å². The van der Waals surface area contributed by atoms with E-state index in [0.29, 0.717) is 5.56 Å². The minimum absolute atomic E-state index is 0.114. The van der Waals surface area contributed by atoms with Gasteiger partial charge in [0.05, 0.1) is 0 Å². The molecule has 1 unspecified atom stereocenters. The average Bonchev–Trinajstić information content (AvgIpc) is 2.20. The van der Waals surface area contributed by atoms with Crippen molar-refractivity contribution in [3.63, 3.8) is 0 Å². The van der Waals surface area contributed by atoms with Crippen LogP contribution in [0.4, 0.5) is 4.39 Å². The molecule has 1 atom stereocenters. The lowest BCUT2D eigenvalue weighted by Gasteiger charge is -2.08. The number of aliphatic carboxylic acids is 1. The van der Waals surface area contributed by atoms with Crippen LogP contribution in [0.15, 0.2) is 18.2 Å². The quantitative estimate of drug-likeness (QED) is 0.691. The minimum Gasteiger partial charge on any atom is -0.508 e. The highest BCUT2D eigenvalue weighted by Crippen LogP contribution is 2.20. The van der Waals surface area contributed by atoms with Gasteiger partial charge in [0.25, 0.3) is 0 Å². The smallest absolute Gasteiger partial charge is 0.320 e. The summed E-state index contributed by atoms with van der Waals surface area (Å²) in [6.07, 6.45) is 0.114. The van der Waals surface area contributed by atoms with Gasteiger partial charge in [0.1, 0.15) is 18.5 Å². The van der Waals surface area contributed by atoms with Crippen LogP contribution in [-0.4, -0.2) is 22.2 Å². The van der Waals surface area contributed by atoms with Crippen molar-refractivity contribution in [3.8, 4) is 5.75 Å². The number of rotatable bonds is 4. The number of hydrogen-bond donors (Lipinski definition) is 3. The molecule has 0 amide bonds. The zero-order valence-electron chi connectivity index (χ0n) is 7.98. The van der Waals surface area contributed by atoms with Crippen LogP contribution in [-0.2, 0) is 17.9 Å². The van der Waals surface area contributed by atoms with E-state index in [1.807, 2.05) is 0 Å². The van der Waals surface area contributed by atoms with E-state index in [-0.39, 0.29) is 17.7 Å². The molecule has 4 N–H and O–H groups in total. The number of aromatic hydroxyl groups is 1. The van der Waals surface area contributed by atoms with Gasteiger partial charge >= 0.3 is 5.97 Å². The minimum atomic E-state index is -1.11. The van der Waals surface area contributed by atoms with E-state index in [1.54, 1.807) is 0 Å². The Kier molecular flexibility index (Phi) is 3.62. The maximum Gasteiger partial charge on any atom is 0.320 e. The molecule has 0 saturated carbocycles. The van der Waals surface area contributed by atoms with Crippen molar-refractivity contribution in [2.75, 3.05) is 0 Å².